The summed E-state index contributed by atoms with van der Waals surface area (Å²) < 4.78 is 5.28. The largest absolute Gasteiger partial charge is 0.459 e. The highest BCUT2D eigenvalue weighted by Gasteiger charge is 2.24. The predicted octanol–water partition coefficient (Wildman–Crippen LogP) is 3.04. The number of carbonyl (C=O) groups excluding carboxylic acids is 1. The molecule has 1 fully saturated rings. The molecule has 1 aromatic carbocycles. The molecule has 1 aliphatic rings. The van der Waals surface area contributed by atoms with Gasteiger partial charge in [-0.05, 0) is 45.4 Å². The van der Waals surface area contributed by atoms with Gasteiger partial charge in [0.25, 0.3) is 0 Å². The second kappa shape index (κ2) is 10.2. The predicted molar refractivity (Wildman–Crippen MR) is 118 cm³/mol. The quantitative estimate of drug-likeness (QED) is 0.292. The molecule has 0 bridgehead atoms. The summed E-state index contributed by atoms with van der Waals surface area (Å²) in [5, 5.41) is 7.10. The molecule has 6 nitrogen and oxygen atoms in total. The molecule has 146 valence electrons. The lowest BCUT2D eigenvalue weighted by Gasteiger charge is -2.22. The molecular weight excluding hydrogens is 467 g/mol. The second-order valence-electron chi connectivity index (χ2n) is 7.07. The molecule has 8 heteroatoms. The number of esters is 1. The van der Waals surface area contributed by atoms with Crippen molar-refractivity contribution in [1.82, 2.24) is 10.6 Å². The summed E-state index contributed by atoms with van der Waals surface area (Å²) in [6.07, 6.45) is 0.986. The molecule has 0 spiro atoms. The number of guanidine groups is 1. The fraction of sp³-hybridized carbons (Fsp3) is 0.556. The van der Waals surface area contributed by atoms with Crippen molar-refractivity contribution in [2.75, 3.05) is 31.6 Å². The molecule has 2 rings (SSSR count). The van der Waals surface area contributed by atoms with E-state index in [1.165, 1.54) is 0 Å². The summed E-state index contributed by atoms with van der Waals surface area (Å²) in [6, 6.07) is 8.12. The molecule has 0 aliphatic carbocycles. The number of ether oxygens (including phenoxy) is 1. The number of hydrogen-bond donors (Lipinski definition) is 2. The minimum Gasteiger partial charge on any atom is -0.459 e. The monoisotopic (exact) mass is 494 g/mol. The van der Waals surface area contributed by atoms with Crippen molar-refractivity contribution in [3.63, 3.8) is 0 Å². The third kappa shape index (κ3) is 7.57. The van der Waals surface area contributed by atoms with E-state index in [0.717, 1.165) is 30.2 Å². The van der Waals surface area contributed by atoms with Crippen LogP contribution >= 0.6 is 35.6 Å². The average molecular weight is 495 g/mol. The van der Waals surface area contributed by atoms with Crippen LogP contribution in [0.4, 0.5) is 5.69 Å². The van der Waals surface area contributed by atoms with Crippen molar-refractivity contribution in [3.8, 4) is 0 Å². The summed E-state index contributed by atoms with van der Waals surface area (Å²) in [7, 11) is 1.69. The van der Waals surface area contributed by atoms with E-state index in [2.05, 4.69) is 26.6 Å². The molecule has 1 unspecified atom stereocenters. The van der Waals surface area contributed by atoms with Crippen LogP contribution in [0.1, 0.15) is 27.2 Å². The molecular formula is C18H28ClIN4O2. The Bertz CT molecular complexity index is 634. The minimum absolute atomic E-state index is 0. The molecule has 0 saturated carbocycles. The van der Waals surface area contributed by atoms with Crippen molar-refractivity contribution < 1.29 is 9.53 Å². The van der Waals surface area contributed by atoms with Crippen molar-refractivity contribution in [1.29, 1.82) is 0 Å². The Morgan fingerprint density at radius 1 is 1.42 bits per heavy atom. The molecule has 1 heterocycles. The minimum atomic E-state index is -0.487. The van der Waals surface area contributed by atoms with Crippen LogP contribution in [0.3, 0.4) is 0 Å². The van der Waals surface area contributed by atoms with E-state index in [9.17, 15) is 4.79 Å². The molecule has 0 aromatic heterocycles. The zero-order valence-corrected chi connectivity index (χ0v) is 18.8. The average Bonchev–Trinajstić information content (AvgIpc) is 2.98. The summed E-state index contributed by atoms with van der Waals surface area (Å²) in [5.41, 5.74) is 0.632. The van der Waals surface area contributed by atoms with Crippen molar-refractivity contribution in [3.05, 3.63) is 29.3 Å². The zero-order valence-electron chi connectivity index (χ0n) is 15.7. The lowest BCUT2D eigenvalue weighted by atomic mass is 10.2. The SMILES string of the molecule is CN=C(NCC(=O)OC(C)(C)C)NC1CCN(c2cccc(Cl)c2)C1.I. The first-order chi connectivity index (χ1) is 11.8. The van der Waals surface area contributed by atoms with E-state index >= 15 is 0 Å². The van der Waals surface area contributed by atoms with Crippen LogP contribution in [-0.4, -0.2) is 50.3 Å². The number of rotatable bonds is 4. The van der Waals surface area contributed by atoms with Crippen molar-refractivity contribution >= 4 is 53.2 Å². The van der Waals surface area contributed by atoms with Crippen LogP contribution < -0.4 is 15.5 Å². The number of nitrogens with one attached hydrogen (secondary N) is 2. The third-order valence-electron chi connectivity index (χ3n) is 3.75. The fourth-order valence-electron chi connectivity index (χ4n) is 2.71. The summed E-state index contributed by atoms with van der Waals surface area (Å²) in [6.45, 7) is 7.43. The van der Waals surface area contributed by atoms with Gasteiger partial charge in [0.2, 0.25) is 0 Å². The van der Waals surface area contributed by atoms with Gasteiger partial charge < -0.3 is 20.3 Å². The van der Waals surface area contributed by atoms with Gasteiger partial charge in [-0.25, -0.2) is 0 Å². The van der Waals surface area contributed by atoms with Gasteiger partial charge >= 0.3 is 5.97 Å². The van der Waals surface area contributed by atoms with E-state index in [4.69, 9.17) is 16.3 Å². The van der Waals surface area contributed by atoms with Gasteiger partial charge in [-0.2, -0.15) is 0 Å². The van der Waals surface area contributed by atoms with Gasteiger partial charge in [-0.3, -0.25) is 9.79 Å². The number of carbonyl (C=O) groups is 1. The van der Waals surface area contributed by atoms with Crippen LogP contribution in [0.2, 0.25) is 5.02 Å². The van der Waals surface area contributed by atoms with Crippen LogP contribution in [0.5, 0.6) is 0 Å². The molecule has 0 amide bonds. The standard InChI is InChI=1S/C18H27ClN4O2.HI/c1-18(2,3)25-16(24)11-21-17(20-4)22-14-8-9-23(12-14)15-7-5-6-13(19)10-15;/h5-7,10,14H,8-9,11-12H2,1-4H3,(H2,20,21,22);1H. The Labute approximate surface area is 177 Å². The fourth-order valence-corrected chi connectivity index (χ4v) is 2.89. The Balaban J connectivity index is 0.00000338. The van der Waals surface area contributed by atoms with E-state index < -0.39 is 5.60 Å². The van der Waals surface area contributed by atoms with E-state index in [1.807, 2.05) is 39.0 Å². The maximum Gasteiger partial charge on any atom is 0.325 e. The molecule has 26 heavy (non-hydrogen) atoms. The van der Waals surface area contributed by atoms with E-state index in [0.29, 0.717) is 5.96 Å². The van der Waals surface area contributed by atoms with Gasteiger partial charge in [-0.15, -0.1) is 24.0 Å². The molecule has 1 saturated heterocycles. The van der Waals surface area contributed by atoms with Crippen molar-refractivity contribution in [2.24, 2.45) is 4.99 Å². The summed E-state index contributed by atoms with van der Waals surface area (Å²) in [5.74, 6) is 0.297. The number of hydrogen-bond acceptors (Lipinski definition) is 4. The van der Waals surface area contributed by atoms with Gasteiger partial charge in [0, 0.05) is 36.9 Å². The second-order valence-corrected chi connectivity index (χ2v) is 7.50. The molecule has 2 N–H and O–H groups in total. The molecule has 1 atom stereocenters. The van der Waals surface area contributed by atoms with Gasteiger partial charge in [0.1, 0.15) is 12.1 Å². The normalized spacial score (nSPS) is 17.5. The molecule has 1 aliphatic heterocycles. The summed E-state index contributed by atoms with van der Waals surface area (Å²) >= 11 is 6.07. The Morgan fingerprint density at radius 3 is 2.77 bits per heavy atom. The first kappa shape index (κ1) is 22.8. The number of benzene rings is 1. The van der Waals surface area contributed by atoms with Crippen LogP contribution in [0.15, 0.2) is 29.3 Å². The first-order valence-corrected chi connectivity index (χ1v) is 8.84. The Morgan fingerprint density at radius 2 is 2.15 bits per heavy atom. The van der Waals surface area contributed by atoms with Crippen molar-refractivity contribution in [2.45, 2.75) is 38.8 Å². The molecule has 1 aromatic rings. The Kier molecular flexibility index (Phi) is 8.95. The highest BCUT2D eigenvalue weighted by atomic mass is 127. The van der Waals surface area contributed by atoms with E-state index in [-0.39, 0.29) is 42.5 Å². The highest BCUT2D eigenvalue weighted by molar-refractivity contribution is 14.0. The van der Waals surface area contributed by atoms with Gasteiger partial charge in [-0.1, -0.05) is 17.7 Å². The Hall–Kier alpha value is -1.22. The van der Waals surface area contributed by atoms with Crippen LogP contribution in [0, 0.1) is 0 Å². The smallest absolute Gasteiger partial charge is 0.325 e. The summed E-state index contributed by atoms with van der Waals surface area (Å²) in [4.78, 5) is 18.3. The number of anilines is 1. The molecule has 0 radical (unpaired) electrons. The maximum absolute atomic E-state index is 11.8. The lowest BCUT2D eigenvalue weighted by molar-refractivity contribution is -0.153. The van der Waals surface area contributed by atoms with Gasteiger partial charge in [0.15, 0.2) is 5.96 Å². The van der Waals surface area contributed by atoms with Crippen LogP contribution in [0.25, 0.3) is 0 Å². The van der Waals surface area contributed by atoms with E-state index in [1.54, 1.807) is 7.05 Å². The number of halogens is 2. The number of nitrogens with zero attached hydrogens (tertiary/aromatic N) is 2. The topological polar surface area (TPSA) is 66.0 Å². The zero-order chi connectivity index (χ0) is 18.4. The lowest BCUT2D eigenvalue weighted by Crippen LogP contribution is -2.46. The maximum atomic E-state index is 11.8. The highest BCUT2D eigenvalue weighted by Crippen LogP contribution is 2.23. The van der Waals surface area contributed by atoms with Gasteiger partial charge in [0.05, 0.1) is 0 Å². The third-order valence-corrected chi connectivity index (χ3v) is 3.98. The van der Waals surface area contributed by atoms with Crippen LogP contribution in [-0.2, 0) is 9.53 Å². The number of aliphatic imine (C=N–C) groups is 1. The first-order valence-electron chi connectivity index (χ1n) is 8.46.